The van der Waals surface area contributed by atoms with Crippen molar-refractivity contribution in [2.45, 2.75) is 71.7 Å². The number of amides is 2. The highest BCUT2D eigenvalue weighted by molar-refractivity contribution is 7.15. The number of ether oxygens (including phenoxy) is 1. The zero-order chi connectivity index (χ0) is 19.9. The van der Waals surface area contributed by atoms with Gasteiger partial charge >= 0.3 is 12.0 Å². The Labute approximate surface area is 158 Å². The van der Waals surface area contributed by atoms with Crippen molar-refractivity contribution in [2.24, 2.45) is 0 Å². The predicted molar refractivity (Wildman–Crippen MR) is 101 cm³/mol. The summed E-state index contributed by atoms with van der Waals surface area (Å²) in [5.41, 5.74) is -0.701. The summed E-state index contributed by atoms with van der Waals surface area (Å²) >= 11 is 1.39. The van der Waals surface area contributed by atoms with E-state index in [0.717, 1.165) is 5.01 Å². The average molecular weight is 384 g/mol. The van der Waals surface area contributed by atoms with E-state index in [0.29, 0.717) is 11.7 Å². The Morgan fingerprint density at radius 1 is 1.27 bits per heavy atom. The second-order valence-electron chi connectivity index (χ2n) is 8.61. The number of hydrogen-bond acceptors (Lipinski definition) is 7. The monoisotopic (exact) mass is 383 g/mol. The molecule has 1 fully saturated rings. The SMILES string of the molecule is CC(NC1CN(C)C(=O)N1c1nnc(C(C)(C)C)s1)C(=O)OC(C)(C)C. The molecule has 0 bridgehead atoms. The third-order valence-corrected chi connectivity index (χ3v) is 5.10. The van der Waals surface area contributed by atoms with Crippen molar-refractivity contribution in [3.8, 4) is 0 Å². The molecule has 2 atom stereocenters. The Bertz CT molecular complexity index is 677. The van der Waals surface area contributed by atoms with Crippen LogP contribution in [0.3, 0.4) is 0 Å². The minimum Gasteiger partial charge on any atom is -0.459 e. The minimum absolute atomic E-state index is 0.142. The minimum atomic E-state index is -0.560. The van der Waals surface area contributed by atoms with Crippen LogP contribution in [0, 0.1) is 0 Å². The van der Waals surface area contributed by atoms with Gasteiger partial charge in [-0.15, -0.1) is 10.2 Å². The lowest BCUT2D eigenvalue weighted by Gasteiger charge is -2.26. The highest BCUT2D eigenvalue weighted by Gasteiger charge is 2.40. The lowest BCUT2D eigenvalue weighted by molar-refractivity contribution is -0.157. The maximum absolute atomic E-state index is 12.6. The quantitative estimate of drug-likeness (QED) is 0.803. The number of hydrogen-bond donors (Lipinski definition) is 1. The Morgan fingerprint density at radius 2 is 1.88 bits per heavy atom. The van der Waals surface area contributed by atoms with Crippen LogP contribution in [0.5, 0.6) is 0 Å². The number of carbonyl (C=O) groups excluding carboxylic acids is 2. The fourth-order valence-corrected chi connectivity index (χ4v) is 3.39. The second-order valence-corrected chi connectivity index (χ2v) is 9.57. The molecular formula is C17H29N5O3S. The van der Waals surface area contributed by atoms with E-state index in [2.05, 4.69) is 36.3 Å². The number of nitrogens with zero attached hydrogens (tertiary/aromatic N) is 4. The first-order chi connectivity index (χ1) is 11.8. The first kappa shape index (κ1) is 20.6. The zero-order valence-electron chi connectivity index (χ0n) is 16.8. The van der Waals surface area contributed by atoms with Crippen LogP contribution < -0.4 is 10.2 Å². The summed E-state index contributed by atoms with van der Waals surface area (Å²) in [6.07, 6.45) is -0.379. The van der Waals surface area contributed by atoms with E-state index in [9.17, 15) is 9.59 Å². The highest BCUT2D eigenvalue weighted by atomic mass is 32.1. The number of likely N-dealkylation sites (N-methyl/N-ethyl adjacent to an activating group) is 1. The number of carbonyl (C=O) groups is 2. The van der Waals surface area contributed by atoms with Crippen molar-refractivity contribution < 1.29 is 14.3 Å². The number of aromatic nitrogens is 2. The molecule has 1 N–H and O–H groups in total. The molecule has 1 aliphatic rings. The third kappa shape index (κ3) is 4.70. The smallest absolute Gasteiger partial charge is 0.327 e. The number of urea groups is 1. The van der Waals surface area contributed by atoms with Crippen LogP contribution in [0.25, 0.3) is 0 Å². The van der Waals surface area contributed by atoms with E-state index in [1.54, 1.807) is 23.8 Å². The first-order valence-electron chi connectivity index (χ1n) is 8.67. The Morgan fingerprint density at radius 3 is 2.38 bits per heavy atom. The second kappa shape index (κ2) is 7.11. The zero-order valence-corrected chi connectivity index (χ0v) is 17.6. The molecule has 0 aromatic carbocycles. The molecule has 0 aliphatic carbocycles. The van der Waals surface area contributed by atoms with Crippen molar-refractivity contribution in [3.63, 3.8) is 0 Å². The largest absolute Gasteiger partial charge is 0.459 e. The maximum atomic E-state index is 12.6. The number of nitrogens with one attached hydrogen (secondary N) is 1. The summed E-state index contributed by atoms with van der Waals surface area (Å²) in [7, 11) is 1.72. The normalized spacial score (nSPS) is 19.8. The molecule has 9 heteroatoms. The molecule has 1 aliphatic heterocycles. The van der Waals surface area contributed by atoms with Gasteiger partial charge in [-0.1, -0.05) is 32.1 Å². The topological polar surface area (TPSA) is 87.7 Å². The molecule has 2 amide bonds. The fourth-order valence-electron chi connectivity index (χ4n) is 2.44. The molecule has 0 radical (unpaired) electrons. The Kier molecular flexibility index (Phi) is 5.63. The van der Waals surface area contributed by atoms with Gasteiger partial charge in [-0.3, -0.25) is 15.0 Å². The molecule has 0 spiro atoms. The van der Waals surface area contributed by atoms with Crippen LogP contribution in [-0.2, 0) is 14.9 Å². The van der Waals surface area contributed by atoms with Gasteiger partial charge < -0.3 is 9.64 Å². The highest BCUT2D eigenvalue weighted by Crippen LogP contribution is 2.32. The summed E-state index contributed by atoms with van der Waals surface area (Å²) in [5.74, 6) is -0.355. The standard InChI is InChI=1S/C17H29N5O3S/c1-10(12(23)25-17(5,6)7)18-11-9-21(8)15(24)22(11)14-20-19-13(26-14)16(2,3)4/h10-11,18H,9H2,1-8H3. The third-order valence-electron chi connectivity index (χ3n) is 3.76. The van der Waals surface area contributed by atoms with Gasteiger partial charge in [0.2, 0.25) is 5.13 Å². The van der Waals surface area contributed by atoms with Crippen molar-refractivity contribution in [1.29, 1.82) is 0 Å². The molecule has 1 saturated heterocycles. The van der Waals surface area contributed by atoms with E-state index in [-0.39, 0.29) is 23.6 Å². The number of esters is 1. The summed E-state index contributed by atoms with van der Waals surface area (Å²) in [6, 6.07) is -0.730. The Hall–Kier alpha value is -1.74. The average Bonchev–Trinajstić information content (AvgIpc) is 3.03. The molecule has 0 saturated carbocycles. The van der Waals surface area contributed by atoms with Crippen LogP contribution in [-0.4, -0.2) is 58.5 Å². The Balaban J connectivity index is 2.18. The van der Waals surface area contributed by atoms with Crippen molar-refractivity contribution in [1.82, 2.24) is 20.4 Å². The van der Waals surface area contributed by atoms with E-state index in [1.807, 2.05) is 20.8 Å². The molecule has 2 heterocycles. The van der Waals surface area contributed by atoms with Crippen LogP contribution in [0.15, 0.2) is 0 Å². The van der Waals surface area contributed by atoms with E-state index in [1.165, 1.54) is 11.3 Å². The van der Waals surface area contributed by atoms with Crippen molar-refractivity contribution in [2.75, 3.05) is 18.5 Å². The molecule has 1 aromatic heterocycles. The van der Waals surface area contributed by atoms with Crippen LogP contribution in [0.4, 0.5) is 9.93 Å². The molecule has 26 heavy (non-hydrogen) atoms. The fraction of sp³-hybridized carbons (Fsp3) is 0.765. The summed E-state index contributed by atoms with van der Waals surface area (Å²) in [5, 5.41) is 13.0. The summed E-state index contributed by atoms with van der Waals surface area (Å²) in [4.78, 5) is 28.0. The van der Waals surface area contributed by atoms with E-state index < -0.39 is 11.6 Å². The van der Waals surface area contributed by atoms with Gasteiger partial charge in [-0.2, -0.15) is 0 Å². The summed E-state index contributed by atoms with van der Waals surface area (Å²) in [6.45, 7) is 13.8. The van der Waals surface area contributed by atoms with Gasteiger partial charge in [0, 0.05) is 12.5 Å². The first-order valence-corrected chi connectivity index (χ1v) is 9.48. The maximum Gasteiger partial charge on any atom is 0.327 e. The van der Waals surface area contributed by atoms with Crippen molar-refractivity contribution in [3.05, 3.63) is 5.01 Å². The van der Waals surface area contributed by atoms with E-state index in [4.69, 9.17) is 4.74 Å². The van der Waals surface area contributed by atoms with Gasteiger partial charge in [0.05, 0.1) is 6.54 Å². The molecule has 1 aromatic rings. The van der Waals surface area contributed by atoms with Gasteiger partial charge in [-0.25, -0.2) is 4.79 Å². The van der Waals surface area contributed by atoms with Gasteiger partial charge in [0.15, 0.2) is 0 Å². The van der Waals surface area contributed by atoms with Gasteiger partial charge in [-0.05, 0) is 27.7 Å². The molecule has 146 valence electrons. The molecule has 2 rings (SSSR count). The van der Waals surface area contributed by atoms with E-state index >= 15 is 0 Å². The number of rotatable bonds is 4. The van der Waals surface area contributed by atoms with Crippen molar-refractivity contribution >= 4 is 28.5 Å². The lowest BCUT2D eigenvalue weighted by Crippen LogP contribution is -2.51. The van der Waals surface area contributed by atoms with Crippen LogP contribution >= 0.6 is 11.3 Å². The van der Waals surface area contributed by atoms with Gasteiger partial charge in [0.25, 0.3) is 0 Å². The molecular weight excluding hydrogens is 354 g/mol. The molecule has 8 nitrogen and oxygen atoms in total. The molecule has 2 unspecified atom stereocenters. The predicted octanol–water partition coefficient (Wildman–Crippen LogP) is 2.35. The lowest BCUT2D eigenvalue weighted by atomic mass is 9.98. The summed E-state index contributed by atoms with van der Waals surface area (Å²) < 4.78 is 5.41. The van der Waals surface area contributed by atoms with Gasteiger partial charge in [0.1, 0.15) is 22.8 Å². The van der Waals surface area contributed by atoms with Crippen LogP contribution in [0.1, 0.15) is 53.5 Å². The van der Waals surface area contributed by atoms with Crippen LogP contribution in [0.2, 0.25) is 0 Å². The number of anilines is 1.